The van der Waals surface area contributed by atoms with Gasteiger partial charge < -0.3 is 9.84 Å². The summed E-state index contributed by atoms with van der Waals surface area (Å²) in [5, 5.41) is 7.59. The molecule has 1 saturated carbocycles. The van der Waals surface area contributed by atoms with Crippen molar-refractivity contribution in [2.24, 2.45) is 5.92 Å². The molecular weight excluding hydrogens is 238 g/mol. The van der Waals surface area contributed by atoms with Crippen LogP contribution in [0.1, 0.15) is 42.5 Å². The molecule has 0 saturated heterocycles. The average Bonchev–Trinajstić information content (AvgIpc) is 3.00. The second-order valence-electron chi connectivity index (χ2n) is 5.75. The van der Waals surface area contributed by atoms with Crippen molar-refractivity contribution < 1.29 is 4.52 Å². The van der Waals surface area contributed by atoms with E-state index in [2.05, 4.69) is 46.6 Å². The van der Waals surface area contributed by atoms with E-state index in [4.69, 9.17) is 4.52 Å². The summed E-state index contributed by atoms with van der Waals surface area (Å²) in [6, 6.07) is 8.42. The van der Waals surface area contributed by atoms with Crippen molar-refractivity contribution >= 4 is 5.69 Å². The zero-order chi connectivity index (χ0) is 12.8. The molecule has 4 nitrogen and oxygen atoms in total. The number of hydrogen-bond acceptors (Lipinski definition) is 4. The number of nitrogens with one attached hydrogen (secondary N) is 1. The molecule has 1 aliphatic heterocycles. The van der Waals surface area contributed by atoms with E-state index >= 15 is 0 Å². The van der Waals surface area contributed by atoms with Crippen LogP contribution in [0.25, 0.3) is 0 Å². The number of para-hydroxylation sites is 1. The SMILES string of the molecule is CC1CC1c1noc(C2CNc3ccccc3C2)n1. The highest BCUT2D eigenvalue weighted by atomic mass is 16.5. The van der Waals surface area contributed by atoms with Gasteiger partial charge in [-0.1, -0.05) is 30.3 Å². The molecule has 3 unspecified atom stereocenters. The molecule has 19 heavy (non-hydrogen) atoms. The van der Waals surface area contributed by atoms with Gasteiger partial charge in [0, 0.05) is 18.2 Å². The highest BCUT2D eigenvalue weighted by Crippen LogP contribution is 2.45. The van der Waals surface area contributed by atoms with E-state index in [9.17, 15) is 0 Å². The number of hydrogen-bond donors (Lipinski definition) is 1. The molecule has 0 radical (unpaired) electrons. The molecule has 1 N–H and O–H groups in total. The van der Waals surface area contributed by atoms with Gasteiger partial charge in [-0.25, -0.2) is 0 Å². The van der Waals surface area contributed by atoms with Gasteiger partial charge in [0.05, 0.1) is 5.92 Å². The molecule has 1 aromatic carbocycles. The fourth-order valence-electron chi connectivity index (χ4n) is 2.86. The third-order valence-electron chi connectivity index (χ3n) is 4.27. The lowest BCUT2D eigenvalue weighted by atomic mass is 9.94. The topological polar surface area (TPSA) is 51.0 Å². The van der Waals surface area contributed by atoms with Gasteiger partial charge in [0.1, 0.15) is 0 Å². The van der Waals surface area contributed by atoms with Gasteiger partial charge in [-0.3, -0.25) is 0 Å². The van der Waals surface area contributed by atoms with Gasteiger partial charge in [0.2, 0.25) is 5.89 Å². The first kappa shape index (κ1) is 11.0. The summed E-state index contributed by atoms with van der Waals surface area (Å²) in [6.07, 6.45) is 2.18. The summed E-state index contributed by atoms with van der Waals surface area (Å²) in [7, 11) is 0. The van der Waals surface area contributed by atoms with Crippen molar-refractivity contribution in [3.63, 3.8) is 0 Å². The quantitative estimate of drug-likeness (QED) is 0.896. The zero-order valence-electron chi connectivity index (χ0n) is 11.0. The Bertz CT molecular complexity index is 607. The molecule has 1 fully saturated rings. The largest absolute Gasteiger partial charge is 0.384 e. The number of aromatic nitrogens is 2. The monoisotopic (exact) mass is 255 g/mol. The van der Waals surface area contributed by atoms with Crippen molar-refractivity contribution in [1.82, 2.24) is 10.1 Å². The second kappa shape index (κ2) is 4.08. The van der Waals surface area contributed by atoms with E-state index in [1.807, 2.05) is 0 Å². The summed E-state index contributed by atoms with van der Waals surface area (Å²) in [5.41, 5.74) is 2.56. The maximum Gasteiger partial charge on any atom is 0.231 e. The summed E-state index contributed by atoms with van der Waals surface area (Å²) < 4.78 is 5.47. The van der Waals surface area contributed by atoms with E-state index in [1.54, 1.807) is 0 Å². The standard InChI is InChI=1S/C15H17N3O/c1-9-6-12(9)14-17-15(19-18-14)11-7-10-4-2-3-5-13(10)16-8-11/h2-5,9,11-12,16H,6-8H2,1H3. The average molecular weight is 255 g/mol. The zero-order valence-corrected chi connectivity index (χ0v) is 11.0. The van der Waals surface area contributed by atoms with Crippen LogP contribution in [-0.4, -0.2) is 16.7 Å². The van der Waals surface area contributed by atoms with Crippen molar-refractivity contribution in [2.75, 3.05) is 11.9 Å². The molecule has 1 aromatic heterocycles. The highest BCUT2D eigenvalue weighted by Gasteiger charge is 2.38. The van der Waals surface area contributed by atoms with Crippen LogP contribution in [0, 0.1) is 5.92 Å². The number of rotatable bonds is 2. The van der Waals surface area contributed by atoms with Crippen LogP contribution in [-0.2, 0) is 6.42 Å². The predicted molar refractivity (Wildman–Crippen MR) is 72.2 cm³/mol. The first-order valence-corrected chi connectivity index (χ1v) is 6.96. The Balaban J connectivity index is 1.56. The van der Waals surface area contributed by atoms with Gasteiger partial charge in [0.25, 0.3) is 0 Å². The molecule has 2 aliphatic rings. The fraction of sp³-hybridized carbons (Fsp3) is 0.467. The molecule has 0 amide bonds. The Labute approximate surface area is 112 Å². The number of fused-ring (bicyclic) bond motifs is 1. The van der Waals surface area contributed by atoms with Crippen LogP contribution < -0.4 is 5.32 Å². The van der Waals surface area contributed by atoms with E-state index < -0.39 is 0 Å². The molecule has 2 heterocycles. The Hall–Kier alpha value is -1.84. The summed E-state index contributed by atoms with van der Waals surface area (Å²) in [6.45, 7) is 3.11. The number of nitrogens with zero attached hydrogens (tertiary/aromatic N) is 2. The van der Waals surface area contributed by atoms with Crippen LogP contribution >= 0.6 is 0 Å². The minimum atomic E-state index is 0.296. The lowest BCUT2D eigenvalue weighted by Gasteiger charge is -2.23. The van der Waals surface area contributed by atoms with Gasteiger partial charge in [-0.05, 0) is 30.4 Å². The molecule has 0 bridgehead atoms. The maximum atomic E-state index is 5.47. The summed E-state index contributed by atoms with van der Waals surface area (Å²) in [4.78, 5) is 4.60. The smallest absolute Gasteiger partial charge is 0.231 e. The van der Waals surface area contributed by atoms with Crippen molar-refractivity contribution in [1.29, 1.82) is 0 Å². The van der Waals surface area contributed by atoms with Crippen molar-refractivity contribution in [3.05, 3.63) is 41.5 Å². The van der Waals surface area contributed by atoms with Gasteiger partial charge >= 0.3 is 0 Å². The molecule has 2 aromatic rings. The Morgan fingerprint density at radius 3 is 3.00 bits per heavy atom. The van der Waals surface area contributed by atoms with Crippen LogP contribution in [0.4, 0.5) is 5.69 Å². The minimum absolute atomic E-state index is 0.296. The molecule has 4 heteroatoms. The van der Waals surface area contributed by atoms with E-state index in [-0.39, 0.29) is 0 Å². The molecule has 3 atom stereocenters. The van der Waals surface area contributed by atoms with Gasteiger partial charge in [0.15, 0.2) is 5.82 Å². The molecular formula is C15H17N3O. The summed E-state index contributed by atoms with van der Waals surface area (Å²) >= 11 is 0. The minimum Gasteiger partial charge on any atom is -0.384 e. The van der Waals surface area contributed by atoms with Crippen LogP contribution in [0.5, 0.6) is 0 Å². The fourth-order valence-corrected chi connectivity index (χ4v) is 2.86. The van der Waals surface area contributed by atoms with E-state index in [1.165, 1.54) is 17.7 Å². The highest BCUT2D eigenvalue weighted by molar-refractivity contribution is 5.53. The van der Waals surface area contributed by atoms with Crippen molar-refractivity contribution in [2.45, 2.75) is 31.6 Å². The first-order chi connectivity index (χ1) is 9.31. The summed E-state index contributed by atoms with van der Waals surface area (Å²) in [5.74, 6) is 3.24. The van der Waals surface area contributed by atoms with Crippen LogP contribution in [0.3, 0.4) is 0 Å². The van der Waals surface area contributed by atoms with Gasteiger partial charge in [-0.2, -0.15) is 4.98 Å². The number of anilines is 1. The lowest BCUT2D eigenvalue weighted by Crippen LogP contribution is -2.21. The first-order valence-electron chi connectivity index (χ1n) is 6.96. The molecule has 1 aliphatic carbocycles. The molecule has 98 valence electrons. The Morgan fingerprint density at radius 2 is 2.16 bits per heavy atom. The van der Waals surface area contributed by atoms with E-state index in [0.717, 1.165) is 30.6 Å². The van der Waals surface area contributed by atoms with Gasteiger partial charge in [-0.15, -0.1) is 0 Å². The Kier molecular flexibility index (Phi) is 2.37. The Morgan fingerprint density at radius 1 is 1.32 bits per heavy atom. The second-order valence-corrected chi connectivity index (χ2v) is 5.75. The predicted octanol–water partition coefficient (Wildman–Crippen LogP) is 2.94. The number of benzene rings is 1. The van der Waals surface area contributed by atoms with E-state index in [0.29, 0.717) is 11.8 Å². The van der Waals surface area contributed by atoms with Crippen LogP contribution in [0.2, 0.25) is 0 Å². The maximum absolute atomic E-state index is 5.47. The third kappa shape index (κ3) is 1.91. The van der Waals surface area contributed by atoms with Crippen LogP contribution in [0.15, 0.2) is 28.8 Å². The molecule has 0 spiro atoms. The molecule has 4 rings (SSSR count). The third-order valence-corrected chi connectivity index (χ3v) is 4.27. The van der Waals surface area contributed by atoms with Crippen molar-refractivity contribution in [3.8, 4) is 0 Å². The normalized spacial score (nSPS) is 28.6. The lowest BCUT2D eigenvalue weighted by molar-refractivity contribution is 0.349.